The quantitative estimate of drug-likeness (QED) is 0.698. The zero-order chi connectivity index (χ0) is 21.5. The third-order valence-electron chi connectivity index (χ3n) is 5.68. The Morgan fingerprint density at radius 2 is 1.83 bits per heavy atom. The number of pyridine rings is 1. The summed E-state index contributed by atoms with van der Waals surface area (Å²) in [6, 6.07) is 11.5. The first-order valence-electron chi connectivity index (χ1n) is 9.92. The number of halogens is 1. The minimum atomic E-state index is -0.454. The largest absolute Gasteiger partial charge is 0.493 e. The molecular weight excluding hydrogens is 408 g/mol. The third-order valence-corrected chi connectivity index (χ3v) is 5.91. The molecule has 2 fully saturated rings. The summed E-state index contributed by atoms with van der Waals surface area (Å²) in [7, 11) is 1.63. The van der Waals surface area contributed by atoms with Crippen LogP contribution < -0.4 is 9.47 Å². The van der Waals surface area contributed by atoms with E-state index in [4.69, 9.17) is 31.0 Å². The number of ether oxygens (including phenoxy) is 2. The highest BCUT2D eigenvalue weighted by Crippen LogP contribution is 2.39. The smallest absolute Gasteiger partial charge is 0.290 e. The van der Waals surface area contributed by atoms with Gasteiger partial charge in [-0.3, -0.25) is 14.7 Å². The van der Waals surface area contributed by atoms with Gasteiger partial charge in [0.25, 0.3) is 6.47 Å². The van der Waals surface area contributed by atoms with E-state index < -0.39 is 6.10 Å². The second kappa shape index (κ2) is 10.6. The molecule has 1 aliphatic carbocycles. The van der Waals surface area contributed by atoms with Crippen molar-refractivity contribution in [3.63, 3.8) is 0 Å². The average molecular weight is 435 g/mol. The molecule has 162 valence electrons. The molecule has 1 aromatic heterocycles. The zero-order valence-corrected chi connectivity index (χ0v) is 17.6. The van der Waals surface area contributed by atoms with Crippen LogP contribution in [0.15, 0.2) is 42.6 Å². The summed E-state index contributed by atoms with van der Waals surface area (Å²) >= 11 is 5.92. The number of hydrogen-bond acceptors (Lipinski definition) is 6. The van der Waals surface area contributed by atoms with E-state index in [-0.39, 0.29) is 12.6 Å². The van der Waals surface area contributed by atoms with Crippen molar-refractivity contribution in [2.45, 2.75) is 31.6 Å². The maximum atomic E-state index is 10.6. The van der Waals surface area contributed by atoms with Crippen molar-refractivity contribution in [2.24, 2.45) is 11.8 Å². The molecule has 1 saturated heterocycles. The Hall–Kier alpha value is -2.35. The number of methoxy groups -OCH3 is 1. The molecular formula is C22H27ClN2O5. The fourth-order valence-corrected chi connectivity index (χ4v) is 4.46. The number of aliphatic hydroxyl groups excluding tert-OH is 1. The molecule has 2 aliphatic rings. The highest BCUT2D eigenvalue weighted by molar-refractivity contribution is 6.30. The Morgan fingerprint density at radius 1 is 1.17 bits per heavy atom. The lowest BCUT2D eigenvalue weighted by Crippen LogP contribution is -2.42. The van der Waals surface area contributed by atoms with Gasteiger partial charge >= 0.3 is 0 Å². The molecule has 2 heterocycles. The van der Waals surface area contributed by atoms with E-state index in [9.17, 15) is 5.11 Å². The number of nitrogens with zero attached hydrogens (tertiary/aromatic N) is 2. The molecule has 4 atom stereocenters. The second-order valence-electron chi connectivity index (χ2n) is 7.63. The van der Waals surface area contributed by atoms with Gasteiger partial charge in [-0.15, -0.1) is 0 Å². The molecule has 2 N–H and O–H groups in total. The van der Waals surface area contributed by atoms with Crippen LogP contribution in [0.2, 0.25) is 5.02 Å². The van der Waals surface area contributed by atoms with E-state index >= 15 is 0 Å². The van der Waals surface area contributed by atoms with E-state index in [0.717, 1.165) is 38.2 Å². The van der Waals surface area contributed by atoms with Gasteiger partial charge in [-0.2, -0.15) is 0 Å². The monoisotopic (exact) mass is 434 g/mol. The van der Waals surface area contributed by atoms with Gasteiger partial charge < -0.3 is 19.7 Å². The summed E-state index contributed by atoms with van der Waals surface area (Å²) in [4.78, 5) is 15.2. The summed E-state index contributed by atoms with van der Waals surface area (Å²) in [5.41, 5.74) is 1.03. The van der Waals surface area contributed by atoms with Crippen LogP contribution in [-0.4, -0.2) is 59.0 Å². The molecule has 1 saturated carbocycles. The van der Waals surface area contributed by atoms with E-state index in [0.29, 0.717) is 28.4 Å². The Bertz CT molecular complexity index is 819. The van der Waals surface area contributed by atoms with Gasteiger partial charge in [-0.1, -0.05) is 23.7 Å². The molecule has 4 rings (SSSR count). The van der Waals surface area contributed by atoms with Crippen LogP contribution in [0.1, 0.15) is 18.5 Å². The Kier molecular flexibility index (Phi) is 7.90. The van der Waals surface area contributed by atoms with Crippen LogP contribution in [-0.2, 0) is 11.3 Å². The summed E-state index contributed by atoms with van der Waals surface area (Å²) in [5.74, 6) is 2.43. The molecule has 8 heteroatoms. The number of benzene rings is 1. The standard InChI is InChI=1S/C21H25ClN2O3.CH2O2/c1-26-19-4-2-3-5-20(19)27-21-9-15-12-24(11-14(15)8-18(21)25)13-17-7-6-16(22)10-23-17;2-1-3/h2-7,10,14-15,18,21,25H,8-9,11-13H2,1H3;1H,(H,2,3)/t14-,15+,18+,21+;/m0./s1. The first-order chi connectivity index (χ1) is 14.5. The number of para-hydroxylation sites is 2. The number of carboxylic acid groups (broad SMARTS) is 1. The minimum absolute atomic E-state index is 0.198. The second-order valence-corrected chi connectivity index (χ2v) is 8.07. The number of aromatic nitrogens is 1. The molecule has 30 heavy (non-hydrogen) atoms. The van der Waals surface area contributed by atoms with Crippen LogP contribution in [0.5, 0.6) is 11.5 Å². The van der Waals surface area contributed by atoms with Crippen molar-refractivity contribution in [2.75, 3.05) is 20.2 Å². The van der Waals surface area contributed by atoms with Crippen LogP contribution in [0.4, 0.5) is 0 Å². The number of fused-ring (bicyclic) bond motifs is 1. The van der Waals surface area contributed by atoms with Crippen molar-refractivity contribution in [3.8, 4) is 11.5 Å². The van der Waals surface area contributed by atoms with Gasteiger partial charge in [0, 0.05) is 25.8 Å². The van der Waals surface area contributed by atoms with Crippen molar-refractivity contribution < 1.29 is 24.5 Å². The molecule has 1 aromatic carbocycles. The Balaban J connectivity index is 0.000000806. The fourth-order valence-electron chi connectivity index (χ4n) is 4.35. The van der Waals surface area contributed by atoms with Gasteiger partial charge in [-0.05, 0) is 48.9 Å². The molecule has 7 nitrogen and oxygen atoms in total. The predicted molar refractivity (Wildman–Crippen MR) is 113 cm³/mol. The highest BCUT2D eigenvalue weighted by atomic mass is 35.5. The van der Waals surface area contributed by atoms with Crippen LogP contribution in [0.25, 0.3) is 0 Å². The van der Waals surface area contributed by atoms with Crippen molar-refractivity contribution in [1.82, 2.24) is 9.88 Å². The lowest BCUT2D eigenvalue weighted by molar-refractivity contribution is -0.122. The maximum Gasteiger partial charge on any atom is 0.290 e. The van der Waals surface area contributed by atoms with Crippen molar-refractivity contribution in [1.29, 1.82) is 0 Å². The summed E-state index contributed by atoms with van der Waals surface area (Å²) in [6.45, 7) is 2.57. The maximum absolute atomic E-state index is 10.6. The van der Waals surface area contributed by atoms with Crippen molar-refractivity contribution in [3.05, 3.63) is 53.3 Å². The van der Waals surface area contributed by atoms with Gasteiger partial charge in [0.1, 0.15) is 6.10 Å². The fraction of sp³-hybridized carbons (Fsp3) is 0.455. The minimum Gasteiger partial charge on any atom is -0.493 e. The molecule has 0 amide bonds. The molecule has 0 radical (unpaired) electrons. The van der Waals surface area contributed by atoms with Crippen LogP contribution >= 0.6 is 11.6 Å². The number of aliphatic hydroxyl groups is 1. The molecule has 0 unspecified atom stereocenters. The van der Waals surface area contributed by atoms with Gasteiger partial charge in [0.15, 0.2) is 11.5 Å². The highest BCUT2D eigenvalue weighted by Gasteiger charge is 2.42. The molecule has 1 aliphatic heterocycles. The van der Waals surface area contributed by atoms with E-state index in [1.807, 2.05) is 36.4 Å². The summed E-state index contributed by atoms with van der Waals surface area (Å²) in [6.07, 6.45) is 2.67. The van der Waals surface area contributed by atoms with Gasteiger partial charge in [-0.25, -0.2) is 0 Å². The lowest BCUT2D eigenvalue weighted by atomic mass is 9.78. The van der Waals surface area contributed by atoms with Gasteiger partial charge in [0.2, 0.25) is 0 Å². The molecule has 0 spiro atoms. The average Bonchev–Trinajstić information content (AvgIpc) is 3.12. The van der Waals surface area contributed by atoms with E-state index in [1.165, 1.54) is 0 Å². The lowest BCUT2D eigenvalue weighted by Gasteiger charge is -2.35. The normalized spacial score (nSPS) is 25.6. The molecule has 2 aromatic rings. The van der Waals surface area contributed by atoms with E-state index in [2.05, 4.69) is 9.88 Å². The number of likely N-dealkylation sites (tertiary alicyclic amines) is 1. The third kappa shape index (κ3) is 5.62. The topological polar surface area (TPSA) is 92.1 Å². The Morgan fingerprint density at radius 3 is 2.47 bits per heavy atom. The molecule has 0 bridgehead atoms. The predicted octanol–water partition coefficient (Wildman–Crippen LogP) is 3.09. The number of carbonyl (C=O) groups is 1. The first kappa shape index (κ1) is 22.3. The summed E-state index contributed by atoms with van der Waals surface area (Å²) < 4.78 is 11.5. The zero-order valence-electron chi connectivity index (χ0n) is 16.9. The number of hydrogen-bond donors (Lipinski definition) is 2. The first-order valence-corrected chi connectivity index (χ1v) is 10.3. The van der Waals surface area contributed by atoms with E-state index in [1.54, 1.807) is 13.3 Å². The SMILES string of the molecule is COc1ccccc1O[C@@H]1C[C@@H]2CN(Cc3ccc(Cl)cn3)C[C@@H]2C[C@H]1O.O=CO. The Labute approximate surface area is 181 Å². The number of rotatable bonds is 5. The van der Waals surface area contributed by atoms with Crippen LogP contribution in [0, 0.1) is 11.8 Å². The van der Waals surface area contributed by atoms with Gasteiger partial charge in [0.05, 0.1) is 23.9 Å². The summed E-state index contributed by atoms with van der Waals surface area (Å²) in [5, 5.41) is 18.2. The van der Waals surface area contributed by atoms with Crippen LogP contribution in [0.3, 0.4) is 0 Å². The van der Waals surface area contributed by atoms with Crippen molar-refractivity contribution >= 4 is 18.1 Å².